The van der Waals surface area contributed by atoms with E-state index in [2.05, 4.69) is 10.6 Å². The molecule has 0 atom stereocenters. The topological polar surface area (TPSA) is 97.6 Å². The van der Waals surface area contributed by atoms with Gasteiger partial charge in [-0.15, -0.1) is 0 Å². The zero-order chi connectivity index (χ0) is 19.8. The molecule has 1 aromatic heterocycles. The van der Waals surface area contributed by atoms with Crippen LogP contribution in [0.15, 0.2) is 65.3 Å². The maximum atomic E-state index is 12.1. The lowest BCUT2D eigenvalue weighted by Crippen LogP contribution is -2.24. The minimum absolute atomic E-state index is 0.0233. The van der Waals surface area contributed by atoms with E-state index in [1.807, 2.05) is 36.4 Å². The van der Waals surface area contributed by atoms with Gasteiger partial charge in [-0.3, -0.25) is 14.4 Å². The lowest BCUT2D eigenvalue weighted by Gasteiger charge is -2.09. The molecular weight excluding hydrogens is 360 g/mol. The van der Waals surface area contributed by atoms with E-state index >= 15 is 0 Å². The fraction of sp³-hybridized carbons (Fsp3) is 0.190. The molecule has 7 heteroatoms. The van der Waals surface area contributed by atoms with Crippen molar-refractivity contribution in [3.8, 4) is 0 Å². The lowest BCUT2D eigenvalue weighted by molar-refractivity contribution is -0.148. The highest BCUT2D eigenvalue weighted by Crippen LogP contribution is 2.22. The number of hydrogen-bond acceptors (Lipinski definition) is 5. The standard InChI is InChI=1S/C21H20N2O5/c24-19(22-13-16-7-4-12-27-16)10-11-21(26)28-14-20(25)23-18-9-3-6-15-5-1-2-8-17(15)18/h1-9,12H,10-11,13-14H2,(H,22,24)(H,23,25). The first-order chi connectivity index (χ1) is 13.6. The van der Waals surface area contributed by atoms with Gasteiger partial charge in [0, 0.05) is 17.5 Å². The molecule has 2 N–H and O–H groups in total. The van der Waals surface area contributed by atoms with Crippen molar-refractivity contribution in [2.45, 2.75) is 19.4 Å². The fourth-order valence-electron chi connectivity index (χ4n) is 2.64. The second-order valence-electron chi connectivity index (χ2n) is 6.09. The van der Waals surface area contributed by atoms with Gasteiger partial charge < -0.3 is 19.8 Å². The number of fused-ring (bicyclic) bond motifs is 1. The molecule has 0 saturated carbocycles. The number of nitrogens with one attached hydrogen (secondary N) is 2. The maximum absolute atomic E-state index is 12.1. The van der Waals surface area contributed by atoms with Crippen molar-refractivity contribution in [2.24, 2.45) is 0 Å². The molecule has 0 spiro atoms. The molecule has 7 nitrogen and oxygen atoms in total. The molecule has 0 aliphatic heterocycles. The van der Waals surface area contributed by atoms with Crippen LogP contribution in [0.1, 0.15) is 18.6 Å². The Hall–Kier alpha value is -3.61. The highest BCUT2D eigenvalue weighted by atomic mass is 16.5. The fourth-order valence-corrected chi connectivity index (χ4v) is 2.64. The molecule has 2 amide bonds. The molecule has 0 aliphatic rings. The largest absolute Gasteiger partial charge is 0.467 e. The van der Waals surface area contributed by atoms with E-state index < -0.39 is 18.5 Å². The predicted molar refractivity (Wildman–Crippen MR) is 103 cm³/mol. The zero-order valence-corrected chi connectivity index (χ0v) is 15.1. The number of anilines is 1. The van der Waals surface area contributed by atoms with E-state index in [1.165, 1.54) is 6.26 Å². The van der Waals surface area contributed by atoms with Gasteiger partial charge in [0.15, 0.2) is 6.61 Å². The van der Waals surface area contributed by atoms with E-state index in [1.54, 1.807) is 18.2 Å². The third-order valence-corrected chi connectivity index (χ3v) is 4.02. The van der Waals surface area contributed by atoms with Gasteiger partial charge in [0.2, 0.25) is 5.91 Å². The Labute approximate surface area is 161 Å². The van der Waals surface area contributed by atoms with Crippen molar-refractivity contribution in [2.75, 3.05) is 11.9 Å². The second-order valence-corrected chi connectivity index (χ2v) is 6.09. The van der Waals surface area contributed by atoms with E-state index in [9.17, 15) is 14.4 Å². The molecule has 0 aliphatic carbocycles. The molecule has 2 aromatic carbocycles. The summed E-state index contributed by atoms with van der Waals surface area (Å²) in [4.78, 5) is 35.5. The third-order valence-electron chi connectivity index (χ3n) is 4.02. The summed E-state index contributed by atoms with van der Waals surface area (Å²) in [5.74, 6) is -0.720. The first-order valence-electron chi connectivity index (χ1n) is 8.84. The molecule has 0 fully saturated rings. The Balaban J connectivity index is 1.39. The number of hydrogen-bond donors (Lipinski definition) is 2. The SMILES string of the molecule is O=C(CCC(=O)OCC(=O)Nc1cccc2ccccc12)NCc1ccco1. The van der Waals surface area contributed by atoms with Crippen molar-refractivity contribution in [3.63, 3.8) is 0 Å². The first-order valence-corrected chi connectivity index (χ1v) is 8.84. The molecule has 28 heavy (non-hydrogen) atoms. The quantitative estimate of drug-likeness (QED) is 0.586. The van der Waals surface area contributed by atoms with Crippen LogP contribution < -0.4 is 10.6 Å². The summed E-state index contributed by atoms with van der Waals surface area (Å²) < 4.78 is 10.0. The summed E-state index contributed by atoms with van der Waals surface area (Å²) in [6.07, 6.45) is 1.39. The minimum Gasteiger partial charge on any atom is -0.467 e. The number of esters is 1. The zero-order valence-electron chi connectivity index (χ0n) is 15.1. The van der Waals surface area contributed by atoms with Crippen LogP contribution in [-0.4, -0.2) is 24.4 Å². The van der Waals surface area contributed by atoms with E-state index in [0.717, 1.165) is 10.8 Å². The Bertz CT molecular complexity index is 961. The first kappa shape index (κ1) is 19.2. The van der Waals surface area contributed by atoms with Gasteiger partial charge in [-0.2, -0.15) is 0 Å². The van der Waals surface area contributed by atoms with Gasteiger partial charge in [0.1, 0.15) is 5.76 Å². The van der Waals surface area contributed by atoms with Crippen molar-refractivity contribution in [1.82, 2.24) is 5.32 Å². The Morgan fingerprint density at radius 1 is 0.893 bits per heavy atom. The lowest BCUT2D eigenvalue weighted by atomic mass is 10.1. The van der Waals surface area contributed by atoms with Crippen LogP contribution in [0, 0.1) is 0 Å². The highest BCUT2D eigenvalue weighted by molar-refractivity contribution is 6.02. The second kappa shape index (κ2) is 9.36. The van der Waals surface area contributed by atoms with Gasteiger partial charge in [-0.05, 0) is 23.6 Å². The molecule has 3 rings (SSSR count). The summed E-state index contributed by atoms with van der Waals surface area (Å²) in [6, 6.07) is 16.7. The average molecular weight is 380 g/mol. The van der Waals surface area contributed by atoms with Gasteiger partial charge >= 0.3 is 5.97 Å². The highest BCUT2D eigenvalue weighted by Gasteiger charge is 2.12. The Morgan fingerprint density at radius 2 is 1.71 bits per heavy atom. The van der Waals surface area contributed by atoms with Crippen molar-refractivity contribution >= 4 is 34.2 Å². The van der Waals surface area contributed by atoms with Gasteiger partial charge in [0.05, 0.1) is 19.2 Å². The summed E-state index contributed by atoms with van der Waals surface area (Å²) in [7, 11) is 0. The molecule has 0 radical (unpaired) electrons. The molecule has 0 bridgehead atoms. The molecule has 3 aromatic rings. The van der Waals surface area contributed by atoms with Crippen molar-refractivity contribution in [1.29, 1.82) is 0 Å². The van der Waals surface area contributed by atoms with Crippen LogP contribution in [0.25, 0.3) is 10.8 Å². The number of carbonyl (C=O) groups excluding carboxylic acids is 3. The molecule has 0 saturated heterocycles. The summed E-state index contributed by atoms with van der Waals surface area (Å²) in [5, 5.41) is 7.27. The van der Waals surface area contributed by atoms with Crippen LogP contribution in [0.2, 0.25) is 0 Å². The molecular formula is C21H20N2O5. The van der Waals surface area contributed by atoms with Crippen LogP contribution in [-0.2, 0) is 25.7 Å². The molecule has 0 unspecified atom stereocenters. The summed E-state index contributed by atoms with van der Waals surface area (Å²) in [6.45, 7) is -0.148. The summed E-state index contributed by atoms with van der Waals surface area (Å²) in [5.41, 5.74) is 0.649. The van der Waals surface area contributed by atoms with E-state index in [0.29, 0.717) is 11.4 Å². The third kappa shape index (κ3) is 5.44. The van der Waals surface area contributed by atoms with Gasteiger partial charge in [-0.1, -0.05) is 36.4 Å². The maximum Gasteiger partial charge on any atom is 0.306 e. The number of carbonyl (C=O) groups is 3. The van der Waals surface area contributed by atoms with Gasteiger partial charge in [0.25, 0.3) is 5.91 Å². The average Bonchev–Trinajstić information content (AvgIpc) is 3.23. The Morgan fingerprint density at radius 3 is 2.54 bits per heavy atom. The molecule has 1 heterocycles. The normalized spacial score (nSPS) is 10.4. The molecule has 144 valence electrons. The number of furan rings is 1. The van der Waals surface area contributed by atoms with Crippen LogP contribution in [0.5, 0.6) is 0 Å². The number of rotatable bonds is 8. The number of amides is 2. The van der Waals surface area contributed by atoms with E-state index in [4.69, 9.17) is 9.15 Å². The van der Waals surface area contributed by atoms with E-state index in [-0.39, 0.29) is 25.3 Å². The predicted octanol–water partition coefficient (Wildman–Crippen LogP) is 3.01. The van der Waals surface area contributed by atoms with Crippen molar-refractivity contribution < 1.29 is 23.5 Å². The van der Waals surface area contributed by atoms with Crippen LogP contribution in [0.4, 0.5) is 5.69 Å². The summed E-state index contributed by atoms with van der Waals surface area (Å²) >= 11 is 0. The monoisotopic (exact) mass is 380 g/mol. The van der Waals surface area contributed by atoms with Crippen LogP contribution >= 0.6 is 0 Å². The minimum atomic E-state index is -0.610. The van der Waals surface area contributed by atoms with Crippen molar-refractivity contribution in [3.05, 3.63) is 66.6 Å². The smallest absolute Gasteiger partial charge is 0.306 e. The van der Waals surface area contributed by atoms with Gasteiger partial charge in [-0.25, -0.2) is 0 Å². The number of benzene rings is 2. The number of ether oxygens (including phenoxy) is 1. The Kier molecular flexibility index (Phi) is 6.41. The van der Waals surface area contributed by atoms with Crippen LogP contribution in [0.3, 0.4) is 0 Å².